The van der Waals surface area contributed by atoms with Crippen molar-refractivity contribution < 1.29 is 0 Å². The van der Waals surface area contributed by atoms with Crippen molar-refractivity contribution in [3.05, 3.63) is 0 Å². The molecule has 3 heteroatoms. The van der Waals surface area contributed by atoms with E-state index >= 15 is 0 Å². The zero-order valence-corrected chi connectivity index (χ0v) is 10.4. The van der Waals surface area contributed by atoms with Crippen LogP contribution in [0.2, 0.25) is 0 Å². The van der Waals surface area contributed by atoms with Crippen LogP contribution >= 0.6 is 0 Å². The molecule has 3 rings (SSSR count). The van der Waals surface area contributed by atoms with E-state index in [0.29, 0.717) is 0 Å². The standard InChI is InChI=1S/C13H24N3/c1-2-16-11-3-4-12(16)10-13(9-11)15-7-5-14-6-8-15/h11-13H,2-10H2,1H3. The molecule has 91 valence electrons. The zero-order chi connectivity index (χ0) is 11.0. The summed E-state index contributed by atoms with van der Waals surface area (Å²) in [5, 5.41) is 4.45. The van der Waals surface area contributed by atoms with Crippen LogP contribution in [0, 0.1) is 0 Å². The van der Waals surface area contributed by atoms with Crippen LogP contribution in [-0.4, -0.2) is 60.6 Å². The molecule has 0 aliphatic carbocycles. The number of fused-ring (bicyclic) bond motifs is 2. The van der Waals surface area contributed by atoms with Crippen LogP contribution in [0.3, 0.4) is 0 Å². The highest BCUT2D eigenvalue weighted by Crippen LogP contribution is 2.37. The molecule has 3 nitrogen and oxygen atoms in total. The maximum atomic E-state index is 4.45. The lowest BCUT2D eigenvalue weighted by Crippen LogP contribution is -2.53. The van der Waals surface area contributed by atoms with Gasteiger partial charge in [-0.25, -0.2) is 5.32 Å². The third kappa shape index (κ3) is 1.89. The minimum atomic E-state index is 0.871. The van der Waals surface area contributed by atoms with Gasteiger partial charge in [0, 0.05) is 44.3 Å². The lowest BCUT2D eigenvalue weighted by molar-refractivity contribution is 0.0555. The van der Waals surface area contributed by atoms with Crippen LogP contribution in [0.25, 0.3) is 0 Å². The average Bonchev–Trinajstić information content (AvgIpc) is 2.59. The number of hydrogen-bond acceptors (Lipinski definition) is 2. The Balaban J connectivity index is 1.63. The molecule has 2 atom stereocenters. The van der Waals surface area contributed by atoms with Gasteiger partial charge >= 0.3 is 0 Å². The van der Waals surface area contributed by atoms with Crippen molar-refractivity contribution in [1.82, 2.24) is 15.1 Å². The van der Waals surface area contributed by atoms with Crippen LogP contribution in [0.1, 0.15) is 32.6 Å². The molecular formula is C13H24N3. The Kier molecular flexibility index (Phi) is 3.18. The third-order valence-electron chi connectivity index (χ3n) is 4.83. The third-order valence-corrected chi connectivity index (χ3v) is 4.83. The first-order chi connectivity index (χ1) is 7.88. The lowest BCUT2D eigenvalue weighted by Gasteiger charge is -2.44. The summed E-state index contributed by atoms with van der Waals surface area (Å²) in [6.45, 7) is 8.17. The predicted octanol–water partition coefficient (Wildman–Crippen LogP) is 0.922. The maximum absolute atomic E-state index is 4.45. The molecule has 2 bridgehead atoms. The molecule has 16 heavy (non-hydrogen) atoms. The summed E-state index contributed by atoms with van der Waals surface area (Å²) in [4.78, 5) is 5.47. The zero-order valence-electron chi connectivity index (χ0n) is 10.4. The summed E-state index contributed by atoms with van der Waals surface area (Å²) in [5.74, 6) is 0. The predicted molar refractivity (Wildman–Crippen MR) is 65.7 cm³/mol. The molecule has 0 saturated carbocycles. The van der Waals surface area contributed by atoms with Crippen molar-refractivity contribution in [3.8, 4) is 0 Å². The van der Waals surface area contributed by atoms with E-state index in [-0.39, 0.29) is 0 Å². The van der Waals surface area contributed by atoms with Crippen LogP contribution in [0.4, 0.5) is 0 Å². The largest absolute Gasteiger partial charge is 0.298 e. The first-order valence-corrected chi connectivity index (χ1v) is 7.01. The Hall–Kier alpha value is -0.120. The fourth-order valence-electron chi connectivity index (χ4n) is 4.05. The maximum Gasteiger partial charge on any atom is 0.0261 e. The minimum absolute atomic E-state index is 0.871. The quantitative estimate of drug-likeness (QED) is 0.692. The van der Waals surface area contributed by atoms with Gasteiger partial charge in [0.25, 0.3) is 0 Å². The topological polar surface area (TPSA) is 20.6 Å². The molecule has 0 aromatic heterocycles. The molecular weight excluding hydrogens is 198 g/mol. The van der Waals surface area contributed by atoms with Gasteiger partial charge < -0.3 is 0 Å². The molecule has 0 aromatic carbocycles. The van der Waals surface area contributed by atoms with E-state index in [0.717, 1.165) is 31.2 Å². The minimum Gasteiger partial charge on any atom is -0.298 e. The van der Waals surface area contributed by atoms with Gasteiger partial charge in [0.2, 0.25) is 0 Å². The number of nitrogens with zero attached hydrogens (tertiary/aromatic N) is 3. The van der Waals surface area contributed by atoms with Crippen LogP contribution < -0.4 is 5.32 Å². The second-order valence-electron chi connectivity index (χ2n) is 5.55. The number of piperidine rings is 1. The molecule has 0 aromatic rings. The molecule has 2 unspecified atom stereocenters. The lowest BCUT2D eigenvalue weighted by atomic mass is 9.95. The van der Waals surface area contributed by atoms with Crippen LogP contribution in [0.15, 0.2) is 0 Å². The Morgan fingerprint density at radius 3 is 2.19 bits per heavy atom. The summed E-state index contributed by atoms with van der Waals surface area (Å²) in [6, 6.07) is 2.66. The van der Waals surface area contributed by atoms with E-state index in [1.54, 1.807) is 0 Å². The smallest absolute Gasteiger partial charge is 0.0261 e. The molecule has 3 fully saturated rings. The van der Waals surface area contributed by atoms with Crippen molar-refractivity contribution in [2.24, 2.45) is 0 Å². The van der Waals surface area contributed by atoms with E-state index in [9.17, 15) is 0 Å². The highest BCUT2D eigenvalue weighted by molar-refractivity contribution is 4.98. The molecule has 3 aliphatic heterocycles. The Bertz CT molecular complexity index is 223. The molecule has 0 amide bonds. The van der Waals surface area contributed by atoms with Gasteiger partial charge in [0.15, 0.2) is 0 Å². The van der Waals surface area contributed by atoms with Gasteiger partial charge in [0.05, 0.1) is 0 Å². The fourth-order valence-corrected chi connectivity index (χ4v) is 4.05. The van der Waals surface area contributed by atoms with Crippen molar-refractivity contribution in [2.75, 3.05) is 32.7 Å². The molecule has 3 aliphatic rings. The van der Waals surface area contributed by atoms with Crippen molar-refractivity contribution in [1.29, 1.82) is 0 Å². The summed E-state index contributed by atoms with van der Waals surface area (Å²) in [5.41, 5.74) is 0. The second-order valence-corrected chi connectivity index (χ2v) is 5.55. The second kappa shape index (κ2) is 4.63. The van der Waals surface area contributed by atoms with Gasteiger partial charge in [-0.3, -0.25) is 9.80 Å². The van der Waals surface area contributed by atoms with Crippen molar-refractivity contribution in [3.63, 3.8) is 0 Å². The monoisotopic (exact) mass is 222 g/mol. The van der Waals surface area contributed by atoms with Gasteiger partial charge in [-0.05, 0) is 32.2 Å². The Labute approximate surface area is 99.2 Å². The van der Waals surface area contributed by atoms with Crippen molar-refractivity contribution in [2.45, 2.75) is 50.7 Å². The van der Waals surface area contributed by atoms with Crippen LogP contribution in [0.5, 0.6) is 0 Å². The SMILES string of the molecule is CCN1C2CCC1CC(N1CC[N]CC1)C2. The van der Waals surface area contributed by atoms with Crippen molar-refractivity contribution >= 4 is 0 Å². The first-order valence-electron chi connectivity index (χ1n) is 7.01. The fraction of sp³-hybridized carbons (Fsp3) is 1.00. The first kappa shape index (κ1) is 11.0. The summed E-state index contributed by atoms with van der Waals surface area (Å²) < 4.78 is 0. The van der Waals surface area contributed by atoms with E-state index in [1.165, 1.54) is 45.3 Å². The number of hydrogen-bond donors (Lipinski definition) is 0. The molecule has 3 heterocycles. The number of piperazine rings is 1. The summed E-state index contributed by atoms with van der Waals surface area (Å²) in [6.07, 6.45) is 5.75. The van der Waals surface area contributed by atoms with Crippen LogP contribution in [-0.2, 0) is 0 Å². The highest BCUT2D eigenvalue weighted by Gasteiger charge is 2.41. The Morgan fingerprint density at radius 2 is 1.62 bits per heavy atom. The Morgan fingerprint density at radius 1 is 1.00 bits per heavy atom. The van der Waals surface area contributed by atoms with Gasteiger partial charge in [-0.1, -0.05) is 6.92 Å². The molecule has 3 saturated heterocycles. The molecule has 1 radical (unpaired) electrons. The normalized spacial score (nSPS) is 41.4. The average molecular weight is 222 g/mol. The summed E-state index contributed by atoms with van der Waals surface area (Å²) >= 11 is 0. The highest BCUT2D eigenvalue weighted by atomic mass is 15.3. The summed E-state index contributed by atoms with van der Waals surface area (Å²) in [7, 11) is 0. The van der Waals surface area contributed by atoms with Gasteiger partial charge in [-0.15, -0.1) is 0 Å². The number of rotatable bonds is 2. The molecule has 0 N–H and O–H groups in total. The van der Waals surface area contributed by atoms with Gasteiger partial charge in [0.1, 0.15) is 0 Å². The van der Waals surface area contributed by atoms with E-state index in [4.69, 9.17) is 0 Å². The van der Waals surface area contributed by atoms with Gasteiger partial charge in [-0.2, -0.15) is 0 Å². The van der Waals surface area contributed by atoms with E-state index in [2.05, 4.69) is 22.0 Å². The van der Waals surface area contributed by atoms with E-state index in [1.807, 2.05) is 0 Å². The van der Waals surface area contributed by atoms with E-state index < -0.39 is 0 Å². The molecule has 0 spiro atoms.